The Labute approximate surface area is 81.1 Å². The SMILES string of the molecule is CCCN1CCCC(CO)(NC)C1. The summed E-state index contributed by atoms with van der Waals surface area (Å²) in [5.74, 6) is 0. The van der Waals surface area contributed by atoms with Gasteiger partial charge in [-0.2, -0.15) is 0 Å². The van der Waals surface area contributed by atoms with E-state index < -0.39 is 0 Å². The highest BCUT2D eigenvalue weighted by Crippen LogP contribution is 2.20. The van der Waals surface area contributed by atoms with Gasteiger partial charge in [-0.05, 0) is 39.4 Å². The molecule has 0 saturated carbocycles. The van der Waals surface area contributed by atoms with Crippen LogP contribution in [0.2, 0.25) is 0 Å². The predicted octanol–water partition coefficient (Wildman–Crippen LogP) is 0.443. The van der Waals surface area contributed by atoms with Crippen LogP contribution in [0.15, 0.2) is 0 Å². The molecule has 1 atom stereocenters. The third-order valence-electron chi connectivity index (χ3n) is 3.03. The van der Waals surface area contributed by atoms with Crippen LogP contribution < -0.4 is 5.32 Å². The van der Waals surface area contributed by atoms with Crippen molar-refractivity contribution in [2.24, 2.45) is 0 Å². The van der Waals surface area contributed by atoms with Gasteiger partial charge in [-0.25, -0.2) is 0 Å². The van der Waals surface area contributed by atoms with E-state index >= 15 is 0 Å². The molecule has 3 heteroatoms. The Morgan fingerprint density at radius 2 is 2.31 bits per heavy atom. The summed E-state index contributed by atoms with van der Waals surface area (Å²) in [6.07, 6.45) is 3.49. The number of hydrogen-bond donors (Lipinski definition) is 2. The number of likely N-dealkylation sites (tertiary alicyclic amines) is 1. The molecular formula is C10H22N2O. The summed E-state index contributed by atoms with van der Waals surface area (Å²) in [6, 6.07) is 0. The van der Waals surface area contributed by atoms with Crippen molar-refractivity contribution >= 4 is 0 Å². The van der Waals surface area contributed by atoms with Crippen LogP contribution >= 0.6 is 0 Å². The van der Waals surface area contributed by atoms with Crippen LogP contribution in [0.4, 0.5) is 0 Å². The minimum Gasteiger partial charge on any atom is -0.394 e. The summed E-state index contributed by atoms with van der Waals surface area (Å²) in [5, 5.41) is 12.6. The van der Waals surface area contributed by atoms with Crippen molar-refractivity contribution in [3.8, 4) is 0 Å². The second-order valence-corrected chi connectivity index (χ2v) is 4.07. The van der Waals surface area contributed by atoms with Gasteiger partial charge in [0, 0.05) is 6.54 Å². The molecule has 1 rings (SSSR count). The third kappa shape index (κ3) is 2.66. The first kappa shape index (κ1) is 11.0. The molecule has 0 aromatic heterocycles. The van der Waals surface area contributed by atoms with E-state index in [2.05, 4.69) is 17.1 Å². The van der Waals surface area contributed by atoms with Gasteiger partial charge in [0.1, 0.15) is 0 Å². The van der Waals surface area contributed by atoms with Crippen molar-refractivity contribution in [3.63, 3.8) is 0 Å². The summed E-state index contributed by atoms with van der Waals surface area (Å²) in [6.45, 7) is 5.80. The molecule has 0 aromatic carbocycles. The quantitative estimate of drug-likeness (QED) is 0.669. The zero-order valence-corrected chi connectivity index (χ0v) is 8.84. The van der Waals surface area contributed by atoms with Crippen LogP contribution in [0.25, 0.3) is 0 Å². The second-order valence-electron chi connectivity index (χ2n) is 4.07. The predicted molar refractivity (Wildman–Crippen MR) is 54.8 cm³/mol. The van der Waals surface area contributed by atoms with Crippen LogP contribution in [0.5, 0.6) is 0 Å². The minimum absolute atomic E-state index is 0.0343. The molecule has 1 unspecified atom stereocenters. The summed E-state index contributed by atoms with van der Waals surface area (Å²) < 4.78 is 0. The summed E-state index contributed by atoms with van der Waals surface area (Å²) in [5.41, 5.74) is -0.0343. The number of hydrogen-bond acceptors (Lipinski definition) is 3. The highest BCUT2D eigenvalue weighted by atomic mass is 16.3. The molecule has 0 spiro atoms. The number of aliphatic hydroxyl groups excluding tert-OH is 1. The Hall–Kier alpha value is -0.120. The van der Waals surface area contributed by atoms with Crippen molar-refractivity contribution in [3.05, 3.63) is 0 Å². The zero-order chi connectivity index (χ0) is 9.73. The standard InChI is InChI=1S/C10H22N2O/c1-3-6-12-7-4-5-10(8-12,9-13)11-2/h11,13H,3-9H2,1-2H3. The molecule has 1 fully saturated rings. The maximum absolute atomic E-state index is 9.34. The lowest BCUT2D eigenvalue weighted by molar-refractivity contribution is 0.0730. The molecule has 0 radical (unpaired) electrons. The first-order chi connectivity index (χ1) is 6.26. The molecule has 1 saturated heterocycles. The normalized spacial score (nSPS) is 30.7. The molecule has 0 amide bonds. The van der Waals surface area contributed by atoms with Crippen LogP contribution in [-0.4, -0.2) is 48.8 Å². The second kappa shape index (κ2) is 4.94. The molecule has 0 bridgehead atoms. The average molecular weight is 186 g/mol. The molecule has 0 aliphatic carbocycles. The lowest BCUT2D eigenvalue weighted by Gasteiger charge is -2.41. The molecule has 0 aromatic rings. The molecule has 2 N–H and O–H groups in total. The number of aliphatic hydroxyl groups is 1. The van der Waals surface area contributed by atoms with E-state index in [1.165, 1.54) is 19.4 Å². The van der Waals surface area contributed by atoms with E-state index in [4.69, 9.17) is 0 Å². The van der Waals surface area contributed by atoms with Crippen molar-refractivity contribution in [1.82, 2.24) is 10.2 Å². The monoisotopic (exact) mass is 186 g/mol. The molecule has 1 heterocycles. The van der Waals surface area contributed by atoms with Crippen LogP contribution in [0.1, 0.15) is 26.2 Å². The number of piperidine rings is 1. The smallest absolute Gasteiger partial charge is 0.0625 e. The van der Waals surface area contributed by atoms with Crippen LogP contribution in [0, 0.1) is 0 Å². The van der Waals surface area contributed by atoms with Crippen molar-refractivity contribution in [1.29, 1.82) is 0 Å². The largest absolute Gasteiger partial charge is 0.394 e. The fraction of sp³-hybridized carbons (Fsp3) is 1.00. The average Bonchev–Trinajstić information content (AvgIpc) is 2.19. The van der Waals surface area contributed by atoms with E-state index in [0.29, 0.717) is 0 Å². The Morgan fingerprint density at radius 3 is 2.85 bits per heavy atom. The lowest BCUT2D eigenvalue weighted by atomic mass is 9.90. The van der Waals surface area contributed by atoms with E-state index in [9.17, 15) is 5.11 Å². The zero-order valence-electron chi connectivity index (χ0n) is 8.84. The van der Waals surface area contributed by atoms with Gasteiger partial charge in [-0.3, -0.25) is 0 Å². The van der Waals surface area contributed by atoms with Gasteiger partial charge in [0.15, 0.2) is 0 Å². The third-order valence-corrected chi connectivity index (χ3v) is 3.03. The molecule has 13 heavy (non-hydrogen) atoms. The van der Waals surface area contributed by atoms with Gasteiger partial charge in [0.05, 0.1) is 12.1 Å². The fourth-order valence-electron chi connectivity index (χ4n) is 2.15. The van der Waals surface area contributed by atoms with Crippen LogP contribution in [0.3, 0.4) is 0 Å². The molecular weight excluding hydrogens is 164 g/mol. The highest BCUT2D eigenvalue weighted by molar-refractivity contribution is 4.92. The van der Waals surface area contributed by atoms with E-state index in [1.807, 2.05) is 7.05 Å². The first-order valence-electron chi connectivity index (χ1n) is 5.28. The number of likely N-dealkylation sites (N-methyl/N-ethyl adjacent to an activating group) is 1. The Balaban J connectivity index is 2.48. The van der Waals surface area contributed by atoms with Crippen molar-refractivity contribution in [2.75, 3.05) is 33.3 Å². The van der Waals surface area contributed by atoms with Gasteiger partial charge < -0.3 is 15.3 Å². The molecule has 1 aliphatic heterocycles. The highest BCUT2D eigenvalue weighted by Gasteiger charge is 2.32. The Kier molecular flexibility index (Phi) is 4.16. The summed E-state index contributed by atoms with van der Waals surface area (Å²) in [4.78, 5) is 2.44. The molecule has 1 aliphatic rings. The van der Waals surface area contributed by atoms with Crippen LogP contribution in [-0.2, 0) is 0 Å². The minimum atomic E-state index is -0.0343. The van der Waals surface area contributed by atoms with E-state index in [0.717, 1.165) is 19.5 Å². The lowest BCUT2D eigenvalue weighted by Crippen LogP contribution is -2.58. The number of nitrogens with one attached hydrogen (secondary N) is 1. The Bertz CT molecular complexity index is 144. The number of rotatable bonds is 4. The topological polar surface area (TPSA) is 35.5 Å². The Morgan fingerprint density at radius 1 is 1.54 bits per heavy atom. The summed E-state index contributed by atoms with van der Waals surface area (Å²) in [7, 11) is 1.95. The van der Waals surface area contributed by atoms with E-state index in [-0.39, 0.29) is 12.1 Å². The number of nitrogens with zero attached hydrogens (tertiary/aromatic N) is 1. The maximum Gasteiger partial charge on any atom is 0.0625 e. The van der Waals surface area contributed by atoms with Gasteiger partial charge in [-0.15, -0.1) is 0 Å². The van der Waals surface area contributed by atoms with Gasteiger partial charge >= 0.3 is 0 Å². The molecule has 78 valence electrons. The van der Waals surface area contributed by atoms with Gasteiger partial charge in [0.2, 0.25) is 0 Å². The fourth-order valence-corrected chi connectivity index (χ4v) is 2.15. The molecule has 3 nitrogen and oxygen atoms in total. The maximum atomic E-state index is 9.34. The van der Waals surface area contributed by atoms with Gasteiger partial charge in [0.25, 0.3) is 0 Å². The summed E-state index contributed by atoms with van der Waals surface area (Å²) >= 11 is 0. The first-order valence-corrected chi connectivity index (χ1v) is 5.28. The van der Waals surface area contributed by atoms with Gasteiger partial charge in [-0.1, -0.05) is 6.92 Å². The van der Waals surface area contributed by atoms with E-state index in [1.54, 1.807) is 0 Å². The van der Waals surface area contributed by atoms with Crippen molar-refractivity contribution in [2.45, 2.75) is 31.7 Å². The van der Waals surface area contributed by atoms with Crippen molar-refractivity contribution < 1.29 is 5.11 Å².